The molecule has 4 nitrogen and oxygen atoms in total. The van der Waals surface area contributed by atoms with Crippen LogP contribution in [0.3, 0.4) is 0 Å². The maximum atomic E-state index is 14.1. The lowest BCUT2D eigenvalue weighted by Gasteiger charge is -2.20. The summed E-state index contributed by atoms with van der Waals surface area (Å²) in [5.74, 6) is -1.35. The summed E-state index contributed by atoms with van der Waals surface area (Å²) in [5.41, 5.74) is 4.86. The maximum absolute atomic E-state index is 14.1. The summed E-state index contributed by atoms with van der Waals surface area (Å²) in [7, 11) is -4.03. The van der Waals surface area contributed by atoms with Gasteiger partial charge in [-0.25, -0.2) is 21.9 Å². The molecule has 3 atom stereocenters. The Kier molecular flexibility index (Phi) is 4.65. The second-order valence-corrected chi connectivity index (χ2v) is 7.37. The lowest BCUT2D eigenvalue weighted by Crippen LogP contribution is -2.37. The molecular weight excluding hydrogens is 298 g/mol. The molecule has 118 valence electrons. The molecule has 0 saturated heterocycles. The topological polar surface area (TPSA) is 72.2 Å². The number of hydrogen-bond donors (Lipinski definition) is 2. The summed E-state index contributed by atoms with van der Waals surface area (Å²) in [6, 6.07) is 1.64. The quantitative estimate of drug-likeness (QED) is 0.893. The van der Waals surface area contributed by atoms with Gasteiger partial charge in [-0.1, -0.05) is 13.8 Å². The van der Waals surface area contributed by atoms with E-state index in [0.717, 1.165) is 18.6 Å². The Morgan fingerprint density at radius 3 is 2.48 bits per heavy atom. The zero-order valence-electron chi connectivity index (χ0n) is 12.1. The first-order chi connectivity index (χ1) is 9.77. The molecule has 1 aromatic rings. The van der Waals surface area contributed by atoms with Gasteiger partial charge in [0.15, 0.2) is 5.82 Å². The van der Waals surface area contributed by atoms with Crippen LogP contribution in [0.25, 0.3) is 0 Å². The fraction of sp³-hybridized carbons (Fsp3) is 0.571. The van der Waals surface area contributed by atoms with Crippen LogP contribution in [0.15, 0.2) is 17.0 Å². The fourth-order valence-electron chi connectivity index (χ4n) is 2.76. The molecule has 0 bridgehead atoms. The molecule has 0 spiro atoms. The van der Waals surface area contributed by atoms with E-state index in [1.807, 2.05) is 6.92 Å². The van der Waals surface area contributed by atoms with Crippen LogP contribution in [0.1, 0.15) is 32.3 Å². The maximum Gasteiger partial charge on any atom is 0.243 e. The monoisotopic (exact) mass is 318 g/mol. The minimum Gasteiger partial charge on any atom is -0.326 e. The number of sulfonamides is 1. The van der Waals surface area contributed by atoms with E-state index in [2.05, 4.69) is 11.6 Å². The first kappa shape index (κ1) is 16.3. The van der Waals surface area contributed by atoms with E-state index in [1.165, 1.54) is 0 Å². The van der Waals surface area contributed by atoms with E-state index in [4.69, 9.17) is 5.73 Å². The van der Waals surface area contributed by atoms with E-state index < -0.39 is 38.7 Å². The Morgan fingerprint density at radius 2 is 1.95 bits per heavy atom. The van der Waals surface area contributed by atoms with Crippen LogP contribution in [-0.2, 0) is 16.6 Å². The summed E-state index contributed by atoms with van der Waals surface area (Å²) in [6.45, 7) is 3.64. The van der Waals surface area contributed by atoms with Crippen molar-refractivity contribution < 1.29 is 17.2 Å². The smallest absolute Gasteiger partial charge is 0.243 e. The third-order valence-corrected chi connectivity index (χ3v) is 5.92. The molecule has 0 aliphatic heterocycles. The molecule has 0 heterocycles. The largest absolute Gasteiger partial charge is 0.326 e. The molecule has 1 fully saturated rings. The highest BCUT2D eigenvalue weighted by molar-refractivity contribution is 7.89. The van der Waals surface area contributed by atoms with Crippen LogP contribution in [0, 0.1) is 23.5 Å². The van der Waals surface area contributed by atoms with Crippen molar-refractivity contribution in [1.82, 2.24) is 4.72 Å². The Balaban J connectivity index is 2.32. The molecule has 3 N–H and O–H groups in total. The highest BCUT2D eigenvalue weighted by Crippen LogP contribution is 2.32. The third-order valence-electron chi connectivity index (χ3n) is 4.42. The van der Waals surface area contributed by atoms with E-state index in [-0.39, 0.29) is 12.0 Å². The first-order valence-electron chi connectivity index (χ1n) is 6.97. The van der Waals surface area contributed by atoms with Crippen molar-refractivity contribution in [3.05, 3.63) is 29.3 Å². The molecule has 21 heavy (non-hydrogen) atoms. The number of nitrogens with two attached hydrogens (primary N) is 1. The highest BCUT2D eigenvalue weighted by atomic mass is 32.2. The van der Waals surface area contributed by atoms with E-state index >= 15 is 0 Å². The molecule has 3 unspecified atom stereocenters. The average molecular weight is 318 g/mol. The van der Waals surface area contributed by atoms with Crippen molar-refractivity contribution >= 4 is 10.0 Å². The average Bonchev–Trinajstić information content (AvgIpc) is 2.70. The van der Waals surface area contributed by atoms with Gasteiger partial charge in [-0.2, -0.15) is 0 Å². The van der Waals surface area contributed by atoms with Crippen LogP contribution in [0.4, 0.5) is 8.78 Å². The Labute approximate surface area is 123 Å². The van der Waals surface area contributed by atoms with Crippen molar-refractivity contribution in [2.24, 2.45) is 17.6 Å². The van der Waals surface area contributed by atoms with E-state index in [9.17, 15) is 17.2 Å². The number of benzene rings is 1. The van der Waals surface area contributed by atoms with Gasteiger partial charge >= 0.3 is 0 Å². The number of nitrogens with one attached hydrogen (secondary N) is 1. The van der Waals surface area contributed by atoms with Crippen LogP contribution in [0.5, 0.6) is 0 Å². The highest BCUT2D eigenvalue weighted by Gasteiger charge is 2.34. The molecule has 1 saturated carbocycles. The molecule has 0 amide bonds. The molecule has 7 heteroatoms. The summed E-state index contributed by atoms with van der Waals surface area (Å²) in [4.78, 5) is -0.545. The predicted molar refractivity (Wildman–Crippen MR) is 75.9 cm³/mol. The summed E-state index contributed by atoms with van der Waals surface area (Å²) < 4.78 is 54.7. The minimum absolute atomic E-state index is 0.178. The van der Waals surface area contributed by atoms with Gasteiger partial charge in [-0.05, 0) is 36.8 Å². The van der Waals surface area contributed by atoms with Crippen LogP contribution in [-0.4, -0.2) is 14.5 Å². The lowest BCUT2D eigenvalue weighted by atomic mass is 9.98. The molecule has 1 aromatic carbocycles. The standard InChI is InChI=1S/C14H20F2N2O2S/c1-8-3-5-12(9(8)2)18-21(19,20)13-6-4-11(15)10(7-17)14(13)16/h4,6,8-9,12,18H,3,5,7,17H2,1-2H3. The Hall–Kier alpha value is -1.05. The van der Waals surface area contributed by atoms with E-state index in [1.54, 1.807) is 0 Å². The zero-order valence-corrected chi connectivity index (χ0v) is 12.9. The Bertz CT molecular complexity index is 634. The van der Waals surface area contributed by atoms with Gasteiger partial charge in [0.1, 0.15) is 10.7 Å². The van der Waals surface area contributed by atoms with Gasteiger partial charge in [-0.15, -0.1) is 0 Å². The molecule has 1 aliphatic carbocycles. The van der Waals surface area contributed by atoms with Gasteiger partial charge < -0.3 is 5.73 Å². The van der Waals surface area contributed by atoms with Crippen molar-refractivity contribution in [3.8, 4) is 0 Å². The van der Waals surface area contributed by atoms with Crippen LogP contribution in [0.2, 0.25) is 0 Å². The Morgan fingerprint density at radius 1 is 1.29 bits per heavy atom. The van der Waals surface area contributed by atoms with Crippen LogP contribution >= 0.6 is 0 Å². The summed E-state index contributed by atoms with van der Waals surface area (Å²) in [5, 5.41) is 0. The first-order valence-corrected chi connectivity index (χ1v) is 8.45. The van der Waals surface area contributed by atoms with Crippen LogP contribution < -0.4 is 10.5 Å². The molecule has 0 radical (unpaired) electrons. The van der Waals surface area contributed by atoms with Gasteiger partial charge in [-0.3, -0.25) is 0 Å². The van der Waals surface area contributed by atoms with Crippen molar-refractivity contribution in [2.45, 2.75) is 44.2 Å². The summed E-state index contributed by atoms with van der Waals surface area (Å²) in [6.07, 6.45) is 1.64. The number of halogens is 2. The van der Waals surface area contributed by atoms with Crippen molar-refractivity contribution in [3.63, 3.8) is 0 Å². The van der Waals surface area contributed by atoms with Gasteiger partial charge in [0.25, 0.3) is 0 Å². The van der Waals surface area contributed by atoms with E-state index in [0.29, 0.717) is 12.3 Å². The van der Waals surface area contributed by atoms with Gasteiger partial charge in [0, 0.05) is 18.2 Å². The summed E-state index contributed by atoms with van der Waals surface area (Å²) >= 11 is 0. The minimum atomic E-state index is -4.03. The lowest BCUT2D eigenvalue weighted by molar-refractivity contribution is 0.401. The predicted octanol–water partition coefficient (Wildman–Crippen LogP) is 2.14. The second kappa shape index (κ2) is 5.98. The normalized spacial score (nSPS) is 26.2. The second-order valence-electron chi connectivity index (χ2n) is 5.68. The van der Waals surface area contributed by atoms with Gasteiger partial charge in [0.05, 0.1) is 0 Å². The number of rotatable bonds is 4. The fourth-order valence-corrected chi connectivity index (χ4v) is 4.23. The number of hydrogen-bond acceptors (Lipinski definition) is 3. The third kappa shape index (κ3) is 3.09. The SMILES string of the molecule is CC1CCC(NS(=O)(=O)c2ccc(F)c(CN)c2F)C1C. The van der Waals surface area contributed by atoms with Crippen molar-refractivity contribution in [2.75, 3.05) is 0 Å². The zero-order chi connectivity index (χ0) is 15.8. The molecular formula is C14H20F2N2O2S. The molecule has 1 aliphatic rings. The molecule has 0 aromatic heterocycles. The molecule has 2 rings (SSSR count). The van der Waals surface area contributed by atoms with Crippen molar-refractivity contribution in [1.29, 1.82) is 0 Å². The van der Waals surface area contributed by atoms with Gasteiger partial charge in [0.2, 0.25) is 10.0 Å².